The van der Waals surface area contributed by atoms with Crippen LogP contribution in [0.15, 0.2) is 12.2 Å². The highest BCUT2D eigenvalue weighted by molar-refractivity contribution is 5.72. The first-order valence-corrected chi connectivity index (χ1v) is 22.2. The van der Waals surface area contributed by atoms with Crippen molar-refractivity contribution < 1.29 is 38.2 Å². The van der Waals surface area contributed by atoms with Crippen LogP contribution < -0.4 is 0 Å². The third kappa shape index (κ3) is 35.5. The second-order valence-corrected chi connectivity index (χ2v) is 16.3. The van der Waals surface area contributed by atoms with E-state index >= 15 is 0 Å². The summed E-state index contributed by atoms with van der Waals surface area (Å²) in [6.45, 7) is 4.65. The van der Waals surface area contributed by atoms with Gasteiger partial charge in [-0.05, 0) is 25.7 Å². The molecular formula is C45H86NO7+. The zero-order chi connectivity index (χ0) is 39.3. The number of rotatable bonds is 40. The van der Waals surface area contributed by atoms with Gasteiger partial charge in [0.15, 0.2) is 12.1 Å². The summed E-state index contributed by atoms with van der Waals surface area (Å²) in [6.07, 6.45) is 38.7. The fraction of sp³-hybridized carbons (Fsp3) is 0.889. The number of quaternary nitrogens is 1. The lowest BCUT2D eigenvalue weighted by Crippen LogP contribution is -2.50. The molecule has 0 radical (unpaired) electrons. The summed E-state index contributed by atoms with van der Waals surface area (Å²) in [5.41, 5.74) is 0. The van der Waals surface area contributed by atoms with Crippen molar-refractivity contribution in [3.05, 3.63) is 12.2 Å². The Balaban J connectivity index is 4.08. The Hall–Kier alpha value is -1.93. The van der Waals surface area contributed by atoms with Gasteiger partial charge in [-0.3, -0.25) is 9.59 Å². The van der Waals surface area contributed by atoms with E-state index in [2.05, 4.69) is 19.9 Å². The topological polar surface area (TPSA) is 99.1 Å². The minimum Gasteiger partial charge on any atom is -0.477 e. The Labute approximate surface area is 327 Å². The molecule has 0 aromatic heterocycles. The Morgan fingerprint density at radius 1 is 0.547 bits per heavy atom. The van der Waals surface area contributed by atoms with Gasteiger partial charge in [-0.1, -0.05) is 174 Å². The van der Waals surface area contributed by atoms with E-state index in [1.165, 1.54) is 135 Å². The molecule has 312 valence electrons. The highest BCUT2D eigenvalue weighted by Crippen LogP contribution is 2.16. The van der Waals surface area contributed by atoms with E-state index in [1.54, 1.807) is 0 Å². The van der Waals surface area contributed by atoms with E-state index in [4.69, 9.17) is 14.2 Å². The van der Waals surface area contributed by atoms with Crippen LogP contribution in [0, 0.1) is 0 Å². The second-order valence-electron chi connectivity index (χ2n) is 16.3. The number of carbonyl (C=O) groups is 3. The molecule has 0 bridgehead atoms. The minimum absolute atomic E-state index is 0.0504. The van der Waals surface area contributed by atoms with Crippen molar-refractivity contribution in [2.45, 2.75) is 219 Å². The smallest absolute Gasteiger partial charge is 0.362 e. The molecule has 0 saturated carbocycles. The molecule has 0 aromatic carbocycles. The van der Waals surface area contributed by atoms with Crippen LogP contribution in [-0.4, -0.2) is 80.6 Å². The number of nitrogens with zero attached hydrogens (tertiary/aromatic N) is 1. The molecule has 0 spiro atoms. The van der Waals surface area contributed by atoms with Gasteiger partial charge in [-0.25, -0.2) is 4.79 Å². The lowest BCUT2D eigenvalue weighted by molar-refractivity contribution is -0.887. The van der Waals surface area contributed by atoms with Gasteiger partial charge in [0.1, 0.15) is 6.61 Å². The number of ether oxygens (including phenoxy) is 3. The number of hydrogen-bond acceptors (Lipinski definition) is 6. The van der Waals surface area contributed by atoms with Crippen molar-refractivity contribution in [3.8, 4) is 0 Å². The zero-order valence-electron chi connectivity index (χ0n) is 35.5. The highest BCUT2D eigenvalue weighted by Gasteiger charge is 2.31. The molecule has 0 fully saturated rings. The molecule has 2 unspecified atom stereocenters. The molecule has 0 rings (SSSR count). The molecule has 0 aliphatic carbocycles. The number of unbranched alkanes of at least 4 members (excludes halogenated alkanes) is 24. The fourth-order valence-electron chi connectivity index (χ4n) is 6.70. The van der Waals surface area contributed by atoms with Crippen LogP contribution in [0.1, 0.15) is 206 Å². The normalized spacial score (nSPS) is 13.0. The van der Waals surface area contributed by atoms with Crippen molar-refractivity contribution in [3.63, 3.8) is 0 Å². The van der Waals surface area contributed by atoms with Crippen LogP contribution in [0.4, 0.5) is 0 Å². The Kier molecular flexibility index (Phi) is 35.7. The number of aliphatic carboxylic acids is 1. The van der Waals surface area contributed by atoms with Gasteiger partial charge in [-0.15, -0.1) is 0 Å². The first-order valence-electron chi connectivity index (χ1n) is 22.2. The van der Waals surface area contributed by atoms with Gasteiger partial charge < -0.3 is 23.8 Å². The fourth-order valence-corrected chi connectivity index (χ4v) is 6.70. The first kappa shape index (κ1) is 51.1. The number of carboxylic acids is 1. The van der Waals surface area contributed by atoms with Gasteiger partial charge in [0.05, 0.1) is 34.4 Å². The minimum atomic E-state index is -0.879. The van der Waals surface area contributed by atoms with E-state index in [-0.39, 0.29) is 42.7 Å². The Bertz CT molecular complexity index is 885. The summed E-state index contributed by atoms with van der Waals surface area (Å²) < 4.78 is 17.1. The Morgan fingerprint density at radius 3 is 1.43 bits per heavy atom. The molecule has 0 heterocycles. The molecule has 8 nitrogen and oxygen atoms in total. The van der Waals surface area contributed by atoms with Gasteiger partial charge in [0, 0.05) is 19.3 Å². The molecule has 2 atom stereocenters. The van der Waals surface area contributed by atoms with Crippen molar-refractivity contribution in [2.24, 2.45) is 0 Å². The summed E-state index contributed by atoms with van der Waals surface area (Å²) in [5.74, 6) is -1.52. The zero-order valence-corrected chi connectivity index (χ0v) is 35.5. The van der Waals surface area contributed by atoms with Crippen molar-refractivity contribution in [2.75, 3.05) is 41.0 Å². The number of hydrogen-bond donors (Lipinski definition) is 1. The van der Waals surface area contributed by atoms with E-state index in [1.807, 2.05) is 27.2 Å². The first-order chi connectivity index (χ1) is 25.6. The van der Waals surface area contributed by atoms with Crippen LogP contribution >= 0.6 is 0 Å². The van der Waals surface area contributed by atoms with E-state index < -0.39 is 18.1 Å². The molecule has 0 aromatic rings. The van der Waals surface area contributed by atoms with Gasteiger partial charge >= 0.3 is 17.9 Å². The maximum atomic E-state index is 12.5. The summed E-state index contributed by atoms with van der Waals surface area (Å²) in [6, 6.07) is -0.614. The molecule has 0 aliphatic rings. The molecule has 53 heavy (non-hydrogen) atoms. The molecule has 8 heteroatoms. The summed E-state index contributed by atoms with van der Waals surface area (Å²) >= 11 is 0. The SMILES string of the molecule is CCCCC/C=C/CCC(=O)OC(COCCC(C(=O)O)[N+](C)(C)C)COC(=O)CCCCCCCCCCCCCCCCCCCCCCCC. The lowest BCUT2D eigenvalue weighted by Gasteiger charge is -2.31. The van der Waals surface area contributed by atoms with Crippen LogP contribution in [0.3, 0.4) is 0 Å². The maximum absolute atomic E-state index is 12.5. The predicted octanol–water partition coefficient (Wildman–Crippen LogP) is 11.9. The molecule has 1 N–H and O–H groups in total. The summed E-state index contributed by atoms with van der Waals surface area (Å²) in [5, 5.41) is 9.58. The van der Waals surface area contributed by atoms with E-state index in [0.29, 0.717) is 19.3 Å². The van der Waals surface area contributed by atoms with Gasteiger partial charge in [0.25, 0.3) is 0 Å². The third-order valence-corrected chi connectivity index (χ3v) is 10.2. The molecule has 0 aliphatic heterocycles. The third-order valence-electron chi connectivity index (χ3n) is 10.2. The average molecular weight is 753 g/mol. The van der Waals surface area contributed by atoms with Gasteiger partial charge in [-0.2, -0.15) is 0 Å². The summed E-state index contributed by atoms with van der Waals surface area (Å²) in [7, 11) is 5.51. The maximum Gasteiger partial charge on any atom is 0.362 e. The number of allylic oxidation sites excluding steroid dienone is 2. The Morgan fingerprint density at radius 2 is 0.981 bits per heavy atom. The van der Waals surface area contributed by atoms with Gasteiger partial charge in [0.2, 0.25) is 0 Å². The lowest BCUT2D eigenvalue weighted by atomic mass is 10.0. The molecule has 0 amide bonds. The van der Waals surface area contributed by atoms with Crippen molar-refractivity contribution in [1.82, 2.24) is 0 Å². The monoisotopic (exact) mass is 753 g/mol. The van der Waals surface area contributed by atoms with Crippen LogP contribution in [-0.2, 0) is 28.6 Å². The number of carbonyl (C=O) groups excluding carboxylic acids is 2. The van der Waals surface area contributed by atoms with Crippen LogP contribution in [0.25, 0.3) is 0 Å². The second kappa shape index (κ2) is 37.0. The largest absolute Gasteiger partial charge is 0.477 e. The molecular weight excluding hydrogens is 666 g/mol. The average Bonchev–Trinajstić information content (AvgIpc) is 3.11. The standard InChI is InChI=1S/C45H85NO7/c1-6-8-10-12-14-15-16-17-18-19-20-21-22-23-24-25-26-27-28-30-31-33-35-43(47)52-40-41(39-51-38-37-42(45(49)50)46(3,4)5)53-44(48)36-34-32-29-13-11-9-7-2/h29,32,41-42H,6-28,30-31,33-40H2,1-5H3/p+1/b32-29+. The van der Waals surface area contributed by atoms with Crippen LogP contribution in [0.2, 0.25) is 0 Å². The number of esters is 2. The van der Waals surface area contributed by atoms with E-state index in [9.17, 15) is 19.5 Å². The van der Waals surface area contributed by atoms with Crippen LogP contribution in [0.5, 0.6) is 0 Å². The van der Waals surface area contributed by atoms with Crippen molar-refractivity contribution in [1.29, 1.82) is 0 Å². The summed E-state index contributed by atoms with van der Waals surface area (Å²) in [4.78, 5) is 36.7. The van der Waals surface area contributed by atoms with E-state index in [0.717, 1.165) is 32.1 Å². The number of carboxylic acid groups (broad SMARTS) is 1. The number of likely N-dealkylation sites (N-methyl/N-ethyl adjacent to an activating group) is 1. The highest BCUT2D eigenvalue weighted by atomic mass is 16.6. The quantitative estimate of drug-likeness (QED) is 0.0288. The van der Waals surface area contributed by atoms with Crippen molar-refractivity contribution >= 4 is 17.9 Å². The predicted molar refractivity (Wildman–Crippen MR) is 220 cm³/mol. The molecule has 0 saturated heterocycles.